The quantitative estimate of drug-likeness (QED) is 0.511. The highest BCUT2D eigenvalue weighted by Gasteiger charge is 2.21. The molecule has 31 heavy (non-hydrogen) atoms. The highest BCUT2D eigenvalue weighted by Crippen LogP contribution is 2.23. The second-order valence-electron chi connectivity index (χ2n) is 7.76. The molecule has 1 fully saturated rings. The number of nitrogens with one attached hydrogen (secondary N) is 3. The Labute approximate surface area is 182 Å². The Balaban J connectivity index is 1.53. The molecule has 1 aliphatic carbocycles. The molecular formula is C22H29N3O5S. The lowest BCUT2D eigenvalue weighted by molar-refractivity contribution is -0.125. The minimum Gasteiger partial charge on any atom is -0.468 e. The minimum atomic E-state index is -3.81. The van der Waals surface area contributed by atoms with Crippen LogP contribution in [0.5, 0.6) is 0 Å². The van der Waals surface area contributed by atoms with E-state index in [1.165, 1.54) is 24.8 Å². The molecule has 2 aromatic rings. The Bertz CT molecular complexity index is 996. The van der Waals surface area contributed by atoms with Gasteiger partial charge in [0, 0.05) is 24.6 Å². The standard InChI is InChI=1S/C22H29N3O5S/c1-16-9-10-19(31(28,29)25-15-18-8-5-13-30-18)14-20(16)22(27)24-12-11-23-21(26)17-6-3-2-4-7-17/h5,8-10,13-14,17,25H,2-4,6-7,11-12,15H2,1H3,(H,23,26)(H,24,27). The van der Waals surface area contributed by atoms with Crippen molar-refractivity contribution in [1.29, 1.82) is 0 Å². The molecule has 0 atom stereocenters. The summed E-state index contributed by atoms with van der Waals surface area (Å²) in [7, 11) is -3.81. The van der Waals surface area contributed by atoms with Crippen molar-refractivity contribution in [2.75, 3.05) is 13.1 Å². The zero-order valence-electron chi connectivity index (χ0n) is 17.6. The highest BCUT2D eigenvalue weighted by atomic mass is 32.2. The van der Waals surface area contributed by atoms with E-state index in [2.05, 4.69) is 15.4 Å². The van der Waals surface area contributed by atoms with Crippen LogP contribution >= 0.6 is 0 Å². The number of furan rings is 1. The van der Waals surface area contributed by atoms with Gasteiger partial charge in [-0.3, -0.25) is 9.59 Å². The second-order valence-corrected chi connectivity index (χ2v) is 9.53. The molecule has 0 spiro atoms. The Morgan fingerprint density at radius 2 is 1.81 bits per heavy atom. The van der Waals surface area contributed by atoms with Crippen molar-refractivity contribution in [2.45, 2.75) is 50.5 Å². The first-order valence-corrected chi connectivity index (χ1v) is 12.0. The molecule has 3 rings (SSSR count). The van der Waals surface area contributed by atoms with E-state index < -0.39 is 10.0 Å². The van der Waals surface area contributed by atoms with Crippen molar-refractivity contribution in [3.8, 4) is 0 Å². The topological polar surface area (TPSA) is 118 Å². The predicted octanol–water partition coefficient (Wildman–Crippen LogP) is 2.49. The average Bonchev–Trinajstić information content (AvgIpc) is 3.29. The number of amides is 2. The van der Waals surface area contributed by atoms with Crippen LogP contribution in [0.2, 0.25) is 0 Å². The maximum Gasteiger partial charge on any atom is 0.251 e. The first kappa shape index (κ1) is 23.0. The van der Waals surface area contributed by atoms with Gasteiger partial charge in [-0.1, -0.05) is 25.3 Å². The van der Waals surface area contributed by atoms with Crippen molar-refractivity contribution in [3.05, 3.63) is 53.5 Å². The van der Waals surface area contributed by atoms with Gasteiger partial charge in [-0.05, 0) is 49.6 Å². The largest absolute Gasteiger partial charge is 0.468 e. The predicted molar refractivity (Wildman–Crippen MR) is 116 cm³/mol. The number of carbonyl (C=O) groups is 2. The van der Waals surface area contributed by atoms with Crippen LogP contribution in [0.15, 0.2) is 45.9 Å². The van der Waals surface area contributed by atoms with Crippen LogP contribution in [0.1, 0.15) is 53.8 Å². The highest BCUT2D eigenvalue weighted by molar-refractivity contribution is 7.89. The number of sulfonamides is 1. The number of aryl methyl sites for hydroxylation is 1. The average molecular weight is 448 g/mol. The third kappa shape index (κ3) is 6.41. The normalized spacial score (nSPS) is 14.9. The van der Waals surface area contributed by atoms with Gasteiger partial charge in [0.1, 0.15) is 5.76 Å². The third-order valence-electron chi connectivity index (χ3n) is 5.47. The van der Waals surface area contributed by atoms with E-state index in [0.717, 1.165) is 25.7 Å². The SMILES string of the molecule is Cc1ccc(S(=O)(=O)NCc2ccco2)cc1C(=O)NCCNC(=O)C1CCCCC1. The first-order valence-electron chi connectivity index (χ1n) is 10.6. The fraction of sp³-hybridized carbons (Fsp3) is 0.455. The van der Waals surface area contributed by atoms with Gasteiger partial charge in [-0.25, -0.2) is 13.1 Å². The van der Waals surface area contributed by atoms with E-state index in [0.29, 0.717) is 17.9 Å². The maximum atomic E-state index is 12.6. The van der Waals surface area contributed by atoms with Gasteiger partial charge in [-0.2, -0.15) is 0 Å². The van der Waals surface area contributed by atoms with Crippen LogP contribution in [0, 0.1) is 12.8 Å². The third-order valence-corrected chi connectivity index (χ3v) is 6.87. The van der Waals surface area contributed by atoms with Gasteiger partial charge in [0.05, 0.1) is 17.7 Å². The van der Waals surface area contributed by atoms with E-state index in [1.54, 1.807) is 25.1 Å². The number of hydrogen-bond acceptors (Lipinski definition) is 5. The monoisotopic (exact) mass is 447 g/mol. The molecule has 1 aromatic carbocycles. The van der Waals surface area contributed by atoms with Gasteiger partial charge in [-0.15, -0.1) is 0 Å². The van der Waals surface area contributed by atoms with Crippen LogP contribution in [0.3, 0.4) is 0 Å². The molecule has 3 N–H and O–H groups in total. The number of benzene rings is 1. The van der Waals surface area contributed by atoms with Crippen molar-refractivity contribution < 1.29 is 22.4 Å². The van der Waals surface area contributed by atoms with E-state index in [4.69, 9.17) is 4.42 Å². The van der Waals surface area contributed by atoms with Gasteiger partial charge in [0.15, 0.2) is 0 Å². The summed E-state index contributed by atoms with van der Waals surface area (Å²) in [6.45, 7) is 2.37. The molecule has 0 radical (unpaired) electrons. The summed E-state index contributed by atoms with van der Waals surface area (Å²) < 4.78 is 32.7. The first-order chi connectivity index (χ1) is 14.9. The molecule has 8 nitrogen and oxygen atoms in total. The van der Waals surface area contributed by atoms with Crippen molar-refractivity contribution in [2.24, 2.45) is 5.92 Å². The van der Waals surface area contributed by atoms with Gasteiger partial charge < -0.3 is 15.1 Å². The Kier molecular flexibility index (Phi) is 7.86. The van der Waals surface area contributed by atoms with Crippen LogP contribution in [0.4, 0.5) is 0 Å². The summed E-state index contributed by atoms with van der Waals surface area (Å²) in [5, 5.41) is 5.62. The molecule has 0 bridgehead atoms. The van der Waals surface area contributed by atoms with E-state index >= 15 is 0 Å². The second kappa shape index (κ2) is 10.6. The zero-order valence-corrected chi connectivity index (χ0v) is 18.5. The molecule has 2 amide bonds. The smallest absolute Gasteiger partial charge is 0.251 e. The molecule has 1 aliphatic rings. The molecule has 0 unspecified atom stereocenters. The molecule has 0 saturated heterocycles. The number of hydrogen-bond donors (Lipinski definition) is 3. The van der Waals surface area contributed by atoms with E-state index in [9.17, 15) is 18.0 Å². The summed E-state index contributed by atoms with van der Waals surface area (Å²) in [6, 6.07) is 7.76. The fourth-order valence-electron chi connectivity index (χ4n) is 3.64. The van der Waals surface area contributed by atoms with Gasteiger partial charge in [0.25, 0.3) is 5.91 Å². The molecule has 1 heterocycles. The summed E-state index contributed by atoms with van der Waals surface area (Å²) in [5.41, 5.74) is 0.938. The molecule has 9 heteroatoms. The molecule has 1 saturated carbocycles. The van der Waals surface area contributed by atoms with Crippen LogP contribution < -0.4 is 15.4 Å². The fourth-order valence-corrected chi connectivity index (χ4v) is 4.66. The summed E-state index contributed by atoms with van der Waals surface area (Å²) in [5.74, 6) is 0.222. The lowest BCUT2D eigenvalue weighted by Crippen LogP contribution is -2.38. The molecular weight excluding hydrogens is 418 g/mol. The van der Waals surface area contributed by atoms with Crippen molar-refractivity contribution in [1.82, 2.24) is 15.4 Å². The molecule has 0 aliphatic heterocycles. The van der Waals surface area contributed by atoms with Gasteiger partial charge >= 0.3 is 0 Å². The summed E-state index contributed by atoms with van der Waals surface area (Å²) in [4.78, 5) is 24.7. The minimum absolute atomic E-state index is 0.000377. The van der Waals surface area contributed by atoms with Crippen molar-refractivity contribution >= 4 is 21.8 Å². The lowest BCUT2D eigenvalue weighted by Gasteiger charge is -2.20. The van der Waals surface area contributed by atoms with Crippen molar-refractivity contribution in [3.63, 3.8) is 0 Å². The number of rotatable bonds is 9. The Morgan fingerprint density at radius 1 is 1.06 bits per heavy atom. The maximum absolute atomic E-state index is 12.6. The molecule has 1 aromatic heterocycles. The Hall–Kier alpha value is -2.65. The number of carbonyl (C=O) groups excluding carboxylic acids is 2. The molecule has 168 valence electrons. The zero-order chi connectivity index (χ0) is 22.3. The van der Waals surface area contributed by atoms with Crippen LogP contribution in [0.25, 0.3) is 0 Å². The van der Waals surface area contributed by atoms with Crippen LogP contribution in [-0.4, -0.2) is 33.3 Å². The van der Waals surface area contributed by atoms with Crippen LogP contribution in [-0.2, 0) is 21.4 Å². The Morgan fingerprint density at radius 3 is 2.52 bits per heavy atom. The summed E-state index contributed by atoms with van der Waals surface area (Å²) >= 11 is 0. The van der Waals surface area contributed by atoms with E-state index in [1.807, 2.05) is 0 Å². The van der Waals surface area contributed by atoms with Gasteiger partial charge in [0.2, 0.25) is 15.9 Å². The summed E-state index contributed by atoms with van der Waals surface area (Å²) in [6.07, 6.45) is 6.68. The lowest BCUT2D eigenvalue weighted by atomic mass is 9.89. The van der Waals surface area contributed by atoms with E-state index in [-0.39, 0.29) is 41.3 Å².